The zero-order valence-corrected chi connectivity index (χ0v) is 10.4. The molecular weight excluding hydrogens is 208 g/mol. The fourth-order valence-electron chi connectivity index (χ4n) is 1.85. The van der Waals surface area contributed by atoms with Gasteiger partial charge < -0.3 is 9.74 Å². The van der Waals surface area contributed by atoms with Crippen LogP contribution in [0.3, 0.4) is 0 Å². The summed E-state index contributed by atoms with van der Waals surface area (Å²) in [6.07, 6.45) is 2.50. The van der Waals surface area contributed by atoms with Crippen molar-refractivity contribution in [2.75, 3.05) is 19.6 Å². The molecule has 0 unspecified atom stereocenters. The van der Waals surface area contributed by atoms with E-state index >= 15 is 0 Å². The maximum atomic E-state index is 10.2. The summed E-state index contributed by atoms with van der Waals surface area (Å²) < 4.78 is 0. The third kappa shape index (κ3) is 5.30. The van der Waals surface area contributed by atoms with Gasteiger partial charge in [-0.3, -0.25) is 0 Å². The first-order valence-electron chi connectivity index (χ1n) is 5.90. The SMILES string of the molecule is CC(C)(C)CCN1CCC(O[N+](=O)[O-])CC1. The molecule has 0 aromatic heterocycles. The van der Waals surface area contributed by atoms with Crippen molar-refractivity contribution >= 4 is 0 Å². The van der Waals surface area contributed by atoms with Crippen LogP contribution in [0.25, 0.3) is 0 Å². The van der Waals surface area contributed by atoms with Crippen LogP contribution in [0.5, 0.6) is 0 Å². The van der Waals surface area contributed by atoms with Gasteiger partial charge in [0.1, 0.15) is 6.10 Å². The van der Waals surface area contributed by atoms with Crippen molar-refractivity contribution in [2.45, 2.75) is 46.1 Å². The summed E-state index contributed by atoms with van der Waals surface area (Å²) in [5.41, 5.74) is 0.355. The molecule has 0 bridgehead atoms. The summed E-state index contributed by atoms with van der Waals surface area (Å²) in [5, 5.41) is 9.50. The monoisotopic (exact) mass is 230 g/mol. The summed E-state index contributed by atoms with van der Waals surface area (Å²) in [4.78, 5) is 17.1. The average molecular weight is 230 g/mol. The van der Waals surface area contributed by atoms with Crippen LogP contribution in [0.4, 0.5) is 0 Å². The minimum absolute atomic E-state index is 0.194. The van der Waals surface area contributed by atoms with E-state index in [1.54, 1.807) is 0 Å². The van der Waals surface area contributed by atoms with Crippen molar-refractivity contribution < 1.29 is 9.92 Å². The van der Waals surface area contributed by atoms with Gasteiger partial charge in [0.15, 0.2) is 0 Å². The summed E-state index contributed by atoms with van der Waals surface area (Å²) >= 11 is 0. The van der Waals surface area contributed by atoms with Crippen LogP contribution in [0.1, 0.15) is 40.0 Å². The Bertz CT molecular complexity index is 230. The molecular formula is C11H22N2O3. The van der Waals surface area contributed by atoms with Crippen molar-refractivity contribution in [3.05, 3.63) is 10.1 Å². The Morgan fingerprint density at radius 1 is 1.38 bits per heavy atom. The Balaban J connectivity index is 2.19. The van der Waals surface area contributed by atoms with Crippen molar-refractivity contribution in [2.24, 2.45) is 5.41 Å². The van der Waals surface area contributed by atoms with E-state index in [9.17, 15) is 10.1 Å². The topological polar surface area (TPSA) is 55.6 Å². The Kier molecular flexibility index (Phi) is 4.53. The van der Waals surface area contributed by atoms with Crippen molar-refractivity contribution in [3.63, 3.8) is 0 Å². The Morgan fingerprint density at radius 3 is 2.38 bits per heavy atom. The van der Waals surface area contributed by atoms with Crippen LogP contribution in [0.2, 0.25) is 0 Å². The predicted octanol–water partition coefficient (Wildman–Crippen LogP) is 2.10. The van der Waals surface area contributed by atoms with Gasteiger partial charge in [0.2, 0.25) is 0 Å². The zero-order valence-electron chi connectivity index (χ0n) is 10.4. The summed E-state index contributed by atoms with van der Waals surface area (Å²) in [5.74, 6) is 0. The number of hydrogen-bond donors (Lipinski definition) is 0. The second kappa shape index (κ2) is 5.48. The molecule has 94 valence electrons. The molecule has 1 rings (SSSR count). The van der Waals surface area contributed by atoms with Crippen molar-refractivity contribution in [3.8, 4) is 0 Å². The number of piperidine rings is 1. The van der Waals surface area contributed by atoms with E-state index in [1.807, 2.05) is 0 Å². The Morgan fingerprint density at radius 2 is 1.94 bits per heavy atom. The number of hydrogen-bond acceptors (Lipinski definition) is 4. The second-order valence-corrected chi connectivity index (χ2v) is 5.68. The Hall–Kier alpha value is -0.840. The molecule has 1 fully saturated rings. The van der Waals surface area contributed by atoms with Gasteiger partial charge >= 0.3 is 0 Å². The molecule has 1 saturated heterocycles. The van der Waals surface area contributed by atoms with Gasteiger partial charge in [-0.05, 0) is 31.2 Å². The lowest BCUT2D eigenvalue weighted by Gasteiger charge is -2.32. The lowest BCUT2D eigenvalue weighted by Crippen LogP contribution is -2.39. The smallest absolute Gasteiger partial charge is 0.294 e. The number of rotatable bonds is 4. The van der Waals surface area contributed by atoms with Gasteiger partial charge in [-0.2, -0.15) is 0 Å². The summed E-state index contributed by atoms with van der Waals surface area (Å²) in [6, 6.07) is 0. The van der Waals surface area contributed by atoms with E-state index in [1.165, 1.54) is 0 Å². The molecule has 5 nitrogen and oxygen atoms in total. The molecule has 1 aliphatic rings. The molecule has 5 heteroatoms. The first-order chi connectivity index (χ1) is 7.37. The van der Waals surface area contributed by atoms with Crippen LogP contribution in [-0.2, 0) is 4.84 Å². The second-order valence-electron chi connectivity index (χ2n) is 5.68. The van der Waals surface area contributed by atoms with Crippen LogP contribution >= 0.6 is 0 Å². The van der Waals surface area contributed by atoms with Crippen LogP contribution in [0, 0.1) is 15.5 Å². The molecule has 0 N–H and O–H groups in total. The minimum Gasteiger partial charge on any atom is -0.310 e. The van der Waals surface area contributed by atoms with Crippen LogP contribution < -0.4 is 0 Å². The zero-order chi connectivity index (χ0) is 12.2. The van der Waals surface area contributed by atoms with Gasteiger partial charge in [0, 0.05) is 13.1 Å². The highest BCUT2D eigenvalue weighted by Crippen LogP contribution is 2.21. The lowest BCUT2D eigenvalue weighted by molar-refractivity contribution is -0.769. The number of nitrogens with zero attached hydrogens (tertiary/aromatic N) is 2. The summed E-state index contributed by atoms with van der Waals surface area (Å²) in [6.45, 7) is 9.60. The van der Waals surface area contributed by atoms with Gasteiger partial charge in [0.25, 0.3) is 5.09 Å². The van der Waals surface area contributed by atoms with Gasteiger partial charge in [0.05, 0.1) is 0 Å². The quantitative estimate of drug-likeness (QED) is 0.548. The molecule has 0 saturated carbocycles. The predicted molar refractivity (Wildman–Crippen MR) is 61.6 cm³/mol. The summed E-state index contributed by atoms with van der Waals surface area (Å²) in [7, 11) is 0. The number of likely N-dealkylation sites (tertiary alicyclic amines) is 1. The molecule has 0 atom stereocenters. The maximum absolute atomic E-state index is 10.2. The van der Waals surface area contributed by atoms with E-state index < -0.39 is 5.09 Å². The molecule has 0 amide bonds. The molecule has 16 heavy (non-hydrogen) atoms. The average Bonchev–Trinajstić information content (AvgIpc) is 2.14. The molecule has 0 spiro atoms. The van der Waals surface area contributed by atoms with E-state index in [4.69, 9.17) is 0 Å². The molecule has 0 aromatic carbocycles. The lowest BCUT2D eigenvalue weighted by atomic mass is 9.92. The first-order valence-corrected chi connectivity index (χ1v) is 5.90. The van der Waals surface area contributed by atoms with Gasteiger partial charge in [-0.15, -0.1) is 10.1 Å². The van der Waals surface area contributed by atoms with E-state index in [0.29, 0.717) is 5.41 Å². The van der Waals surface area contributed by atoms with Crippen molar-refractivity contribution in [1.29, 1.82) is 0 Å². The van der Waals surface area contributed by atoms with E-state index in [-0.39, 0.29) is 6.10 Å². The fraction of sp³-hybridized carbons (Fsp3) is 1.00. The third-order valence-corrected chi connectivity index (χ3v) is 2.95. The molecule has 0 aromatic rings. The minimum atomic E-state index is -0.671. The normalized spacial score (nSPS) is 19.7. The molecule has 1 heterocycles. The van der Waals surface area contributed by atoms with Gasteiger partial charge in [-0.25, -0.2) is 0 Å². The molecule has 0 aliphatic carbocycles. The Labute approximate surface area is 96.9 Å². The van der Waals surface area contributed by atoms with Crippen LogP contribution in [-0.4, -0.2) is 35.7 Å². The van der Waals surface area contributed by atoms with E-state index in [2.05, 4.69) is 30.5 Å². The molecule has 1 aliphatic heterocycles. The maximum Gasteiger partial charge on any atom is 0.294 e. The largest absolute Gasteiger partial charge is 0.310 e. The third-order valence-electron chi connectivity index (χ3n) is 2.95. The first kappa shape index (κ1) is 13.2. The fourth-order valence-corrected chi connectivity index (χ4v) is 1.85. The standard InChI is InChI=1S/C11H22N2O3/c1-11(2,3)6-9-12-7-4-10(5-8-12)16-13(14)15/h10H,4-9H2,1-3H3. The van der Waals surface area contributed by atoms with Gasteiger partial charge in [-0.1, -0.05) is 20.8 Å². The highest BCUT2D eigenvalue weighted by molar-refractivity contribution is 4.73. The highest BCUT2D eigenvalue weighted by Gasteiger charge is 2.22. The van der Waals surface area contributed by atoms with Crippen molar-refractivity contribution in [1.82, 2.24) is 4.90 Å². The van der Waals surface area contributed by atoms with Crippen LogP contribution in [0.15, 0.2) is 0 Å². The molecule has 0 radical (unpaired) electrons. The highest BCUT2D eigenvalue weighted by atomic mass is 17.0. The van der Waals surface area contributed by atoms with E-state index in [0.717, 1.165) is 38.9 Å².